The van der Waals surface area contributed by atoms with Crippen LogP contribution in [0.15, 0.2) is 46.3 Å². The number of aliphatic imine (C=N–C) groups is 1. The van der Waals surface area contributed by atoms with E-state index in [-0.39, 0.29) is 21.7 Å². The van der Waals surface area contributed by atoms with Gasteiger partial charge >= 0.3 is 5.97 Å². The zero-order chi connectivity index (χ0) is 21.0. The third kappa shape index (κ3) is 5.53. The number of hydrogen-bond donors (Lipinski definition) is 2. The average molecular weight is 451 g/mol. The summed E-state index contributed by atoms with van der Waals surface area (Å²) < 4.78 is 5.09. The predicted octanol–water partition coefficient (Wildman–Crippen LogP) is 4.91. The number of ether oxygens (including phenoxy) is 1. The molecule has 3 rings (SSSR count). The fraction of sp³-hybridized carbons (Fsp3) is 0.150. The summed E-state index contributed by atoms with van der Waals surface area (Å²) in [5, 5.41) is 12.2. The van der Waals surface area contributed by atoms with E-state index in [1.165, 1.54) is 17.3 Å². The van der Waals surface area contributed by atoms with Crippen LogP contribution in [0.2, 0.25) is 10.0 Å². The molecule has 1 aliphatic rings. The molecule has 0 aliphatic carbocycles. The molecule has 2 aromatic rings. The van der Waals surface area contributed by atoms with Gasteiger partial charge in [0.25, 0.3) is 5.91 Å². The molecule has 9 heteroatoms. The van der Waals surface area contributed by atoms with Crippen LogP contribution in [0.4, 0.5) is 5.69 Å². The van der Waals surface area contributed by atoms with E-state index < -0.39 is 12.6 Å². The average Bonchev–Trinajstić information content (AvgIpc) is 3.00. The normalized spacial score (nSPS) is 16.3. The Morgan fingerprint density at radius 3 is 2.48 bits per heavy atom. The van der Waals surface area contributed by atoms with Gasteiger partial charge in [0, 0.05) is 0 Å². The Morgan fingerprint density at radius 1 is 1.24 bits per heavy atom. The number of hydrogen-bond acceptors (Lipinski definition) is 5. The summed E-state index contributed by atoms with van der Waals surface area (Å²) in [5.74, 6) is -1.34. The molecule has 1 aliphatic heterocycles. The Morgan fingerprint density at radius 2 is 1.90 bits per heavy atom. The minimum atomic E-state index is -1.14. The number of benzene rings is 2. The Balaban J connectivity index is 1.79. The van der Waals surface area contributed by atoms with Crippen molar-refractivity contribution < 1.29 is 19.4 Å². The topological polar surface area (TPSA) is 88.0 Å². The molecule has 29 heavy (non-hydrogen) atoms. The van der Waals surface area contributed by atoms with Crippen molar-refractivity contribution in [1.82, 2.24) is 5.32 Å². The van der Waals surface area contributed by atoms with Gasteiger partial charge in [-0.2, -0.15) is 0 Å². The standard InChI is InChI=1S/C20H16Cl2N2O4S/c1-2-11-3-5-13(6-4-11)23-20-24-19(27)16(29-20)9-12-7-14(21)18(15(22)8-12)28-10-17(25)26/h3-9H,2,10H2,1H3,(H,25,26)(H,23,24,27). The van der Waals surface area contributed by atoms with Crippen LogP contribution in [0.25, 0.3) is 6.08 Å². The smallest absolute Gasteiger partial charge is 0.341 e. The van der Waals surface area contributed by atoms with Gasteiger partial charge in [0.05, 0.1) is 20.6 Å². The lowest BCUT2D eigenvalue weighted by molar-refractivity contribution is -0.139. The molecule has 1 amide bonds. The van der Waals surface area contributed by atoms with Crippen LogP contribution in [0.5, 0.6) is 5.75 Å². The number of aliphatic carboxylic acids is 1. The molecular weight excluding hydrogens is 435 g/mol. The van der Waals surface area contributed by atoms with Crippen LogP contribution in [0.1, 0.15) is 18.1 Å². The van der Waals surface area contributed by atoms with Crippen molar-refractivity contribution in [3.8, 4) is 5.75 Å². The first-order chi connectivity index (χ1) is 13.9. The number of nitrogens with zero attached hydrogens (tertiary/aromatic N) is 1. The second-order valence-corrected chi connectivity index (χ2v) is 7.84. The van der Waals surface area contributed by atoms with Crippen molar-refractivity contribution in [2.45, 2.75) is 13.3 Å². The maximum Gasteiger partial charge on any atom is 0.341 e. The van der Waals surface area contributed by atoms with Gasteiger partial charge in [-0.25, -0.2) is 9.79 Å². The van der Waals surface area contributed by atoms with Gasteiger partial charge in [0.1, 0.15) is 0 Å². The SMILES string of the molecule is CCc1ccc(N=C2NC(=O)C(=Cc3cc(Cl)c(OCC(=O)O)c(Cl)c3)S2)cc1. The molecule has 2 N–H and O–H groups in total. The quantitative estimate of drug-likeness (QED) is 0.610. The summed E-state index contributed by atoms with van der Waals surface area (Å²) in [6.45, 7) is 1.52. The van der Waals surface area contributed by atoms with Gasteiger partial charge in [0.2, 0.25) is 0 Å². The zero-order valence-corrected chi connectivity index (χ0v) is 17.6. The van der Waals surface area contributed by atoms with Crippen molar-refractivity contribution in [3.05, 3.63) is 62.5 Å². The van der Waals surface area contributed by atoms with Crippen molar-refractivity contribution in [1.29, 1.82) is 0 Å². The molecule has 0 radical (unpaired) electrons. The number of nitrogens with one attached hydrogen (secondary N) is 1. The number of carbonyl (C=O) groups is 2. The summed E-state index contributed by atoms with van der Waals surface area (Å²) >= 11 is 13.5. The van der Waals surface area contributed by atoms with Gasteiger partial charge < -0.3 is 15.2 Å². The first-order valence-electron chi connectivity index (χ1n) is 8.58. The van der Waals surface area contributed by atoms with Crippen LogP contribution in [0.3, 0.4) is 0 Å². The number of halogens is 2. The highest BCUT2D eigenvalue weighted by Gasteiger charge is 2.24. The molecule has 0 spiro atoms. The Labute approximate surface area is 181 Å². The number of rotatable bonds is 6. The molecule has 0 bridgehead atoms. The summed E-state index contributed by atoms with van der Waals surface area (Å²) in [6.07, 6.45) is 2.57. The lowest BCUT2D eigenvalue weighted by atomic mass is 10.2. The highest BCUT2D eigenvalue weighted by atomic mass is 35.5. The largest absolute Gasteiger partial charge is 0.479 e. The third-order valence-electron chi connectivity index (χ3n) is 3.88. The second-order valence-electron chi connectivity index (χ2n) is 6.00. The molecule has 0 unspecified atom stereocenters. The number of thioether (sulfide) groups is 1. The molecule has 1 fully saturated rings. The van der Waals surface area contributed by atoms with E-state index in [2.05, 4.69) is 17.2 Å². The van der Waals surface area contributed by atoms with E-state index in [9.17, 15) is 9.59 Å². The minimum Gasteiger partial charge on any atom is -0.479 e. The van der Waals surface area contributed by atoms with Gasteiger partial charge in [-0.05, 0) is 59.7 Å². The monoisotopic (exact) mass is 450 g/mol. The van der Waals surface area contributed by atoms with E-state index in [0.29, 0.717) is 15.6 Å². The van der Waals surface area contributed by atoms with Crippen LogP contribution < -0.4 is 10.1 Å². The van der Waals surface area contributed by atoms with Gasteiger partial charge in [-0.1, -0.05) is 42.3 Å². The maximum atomic E-state index is 12.3. The summed E-state index contributed by atoms with van der Waals surface area (Å²) in [7, 11) is 0. The first-order valence-corrected chi connectivity index (χ1v) is 10.1. The number of amidine groups is 1. The molecular formula is C20H16Cl2N2O4S. The fourth-order valence-corrected chi connectivity index (χ4v) is 3.94. The van der Waals surface area contributed by atoms with Crippen molar-refractivity contribution in [2.24, 2.45) is 4.99 Å². The van der Waals surface area contributed by atoms with E-state index in [0.717, 1.165) is 12.1 Å². The van der Waals surface area contributed by atoms with E-state index in [1.807, 2.05) is 24.3 Å². The number of carbonyl (C=O) groups excluding carboxylic acids is 1. The highest BCUT2D eigenvalue weighted by Crippen LogP contribution is 2.36. The van der Waals surface area contributed by atoms with Crippen LogP contribution in [-0.4, -0.2) is 28.8 Å². The van der Waals surface area contributed by atoms with Crippen molar-refractivity contribution in [3.63, 3.8) is 0 Å². The fourth-order valence-electron chi connectivity index (χ4n) is 2.49. The first kappa shape index (κ1) is 21.2. The Kier molecular flexibility index (Phi) is 6.84. The minimum absolute atomic E-state index is 0.0826. The number of aryl methyl sites for hydroxylation is 1. The summed E-state index contributed by atoms with van der Waals surface area (Å²) in [5.41, 5.74) is 2.54. The zero-order valence-electron chi connectivity index (χ0n) is 15.2. The van der Waals surface area contributed by atoms with Crippen molar-refractivity contribution >= 4 is 63.8 Å². The van der Waals surface area contributed by atoms with E-state index in [1.54, 1.807) is 18.2 Å². The van der Waals surface area contributed by atoms with Gasteiger partial charge in [0.15, 0.2) is 17.5 Å². The lowest BCUT2D eigenvalue weighted by Gasteiger charge is -2.09. The molecule has 6 nitrogen and oxygen atoms in total. The second kappa shape index (κ2) is 9.35. The number of amides is 1. The Bertz CT molecular complexity index is 997. The third-order valence-corrected chi connectivity index (χ3v) is 5.36. The van der Waals surface area contributed by atoms with E-state index in [4.69, 9.17) is 33.0 Å². The highest BCUT2D eigenvalue weighted by molar-refractivity contribution is 8.18. The lowest BCUT2D eigenvalue weighted by Crippen LogP contribution is -2.19. The molecule has 0 saturated carbocycles. The van der Waals surface area contributed by atoms with Crippen molar-refractivity contribution in [2.75, 3.05) is 6.61 Å². The maximum absolute atomic E-state index is 12.3. The molecule has 1 heterocycles. The number of carboxylic acids is 1. The van der Waals surface area contributed by atoms with Gasteiger partial charge in [-0.3, -0.25) is 4.79 Å². The molecule has 150 valence electrons. The summed E-state index contributed by atoms with van der Waals surface area (Å²) in [6, 6.07) is 10.9. The Hall–Kier alpha value is -2.48. The van der Waals surface area contributed by atoms with E-state index >= 15 is 0 Å². The molecule has 2 aromatic carbocycles. The predicted molar refractivity (Wildman–Crippen MR) is 116 cm³/mol. The summed E-state index contributed by atoms with van der Waals surface area (Å²) in [4.78, 5) is 27.8. The molecule has 0 aromatic heterocycles. The van der Waals surface area contributed by atoms with Crippen LogP contribution >= 0.6 is 35.0 Å². The van der Waals surface area contributed by atoms with Crippen LogP contribution in [0, 0.1) is 0 Å². The van der Waals surface area contributed by atoms with Gasteiger partial charge in [-0.15, -0.1) is 0 Å². The molecule has 1 saturated heterocycles. The number of carboxylic acid groups (broad SMARTS) is 1. The van der Waals surface area contributed by atoms with Crippen LogP contribution in [-0.2, 0) is 16.0 Å². The molecule has 0 atom stereocenters.